The van der Waals surface area contributed by atoms with Crippen molar-refractivity contribution in [3.8, 4) is 11.6 Å². The maximum Gasteiger partial charge on any atom is 0.266 e. The molecule has 0 bridgehead atoms. The lowest BCUT2D eigenvalue weighted by molar-refractivity contribution is -0.123. The molecule has 0 unspecified atom stereocenters. The van der Waals surface area contributed by atoms with Gasteiger partial charge in [-0.05, 0) is 57.0 Å². The van der Waals surface area contributed by atoms with Crippen LogP contribution in [0, 0.1) is 27.7 Å². The summed E-state index contributed by atoms with van der Waals surface area (Å²) in [5.74, 6) is 0.990. The molecular weight excluding hydrogens is 370 g/mol. The summed E-state index contributed by atoms with van der Waals surface area (Å²) in [5, 5.41) is 11.5. The van der Waals surface area contributed by atoms with Gasteiger partial charge in [-0.1, -0.05) is 12.1 Å². The number of aromatic nitrogens is 4. The molecule has 0 saturated carbocycles. The van der Waals surface area contributed by atoms with Crippen LogP contribution in [0.15, 0.2) is 41.2 Å². The molecule has 0 aliphatic carbocycles. The molecule has 152 valence electrons. The second-order valence-corrected chi connectivity index (χ2v) is 7.00. The first-order chi connectivity index (χ1) is 13.8. The zero-order valence-corrected chi connectivity index (χ0v) is 17.1. The lowest BCUT2D eigenvalue weighted by Crippen LogP contribution is -2.34. The van der Waals surface area contributed by atoms with Crippen molar-refractivity contribution in [1.82, 2.24) is 24.9 Å². The van der Waals surface area contributed by atoms with Crippen LogP contribution < -0.4 is 15.6 Å². The van der Waals surface area contributed by atoms with Crippen LogP contribution in [0.3, 0.4) is 0 Å². The smallest absolute Gasteiger partial charge is 0.266 e. The van der Waals surface area contributed by atoms with Crippen LogP contribution in [0.4, 0.5) is 0 Å². The van der Waals surface area contributed by atoms with Gasteiger partial charge in [0, 0.05) is 18.3 Å². The molecule has 29 heavy (non-hydrogen) atoms. The van der Waals surface area contributed by atoms with E-state index in [9.17, 15) is 9.59 Å². The molecule has 0 aliphatic heterocycles. The van der Waals surface area contributed by atoms with E-state index in [-0.39, 0.29) is 31.2 Å². The van der Waals surface area contributed by atoms with Crippen molar-refractivity contribution in [3.63, 3.8) is 0 Å². The first kappa shape index (κ1) is 20.3. The summed E-state index contributed by atoms with van der Waals surface area (Å²) >= 11 is 0. The van der Waals surface area contributed by atoms with Crippen molar-refractivity contribution in [1.29, 1.82) is 0 Å². The molecule has 1 aromatic carbocycles. The number of nitrogens with zero attached hydrogens (tertiary/aromatic N) is 4. The molecule has 2 heterocycles. The van der Waals surface area contributed by atoms with Crippen molar-refractivity contribution in [2.24, 2.45) is 0 Å². The standard InChI is InChI=1S/C21H25N5O3/c1-14-5-6-15(2)18(11-14)29-13-20(27)22-9-10-25-21(28)8-7-19(24-25)26-17(4)12-16(3)23-26/h5-8,11-12H,9-10,13H2,1-4H3,(H,22,27). The van der Waals surface area contributed by atoms with Crippen molar-refractivity contribution in [2.45, 2.75) is 34.2 Å². The Morgan fingerprint density at radius 3 is 2.59 bits per heavy atom. The highest BCUT2D eigenvalue weighted by Gasteiger charge is 2.09. The Morgan fingerprint density at radius 2 is 1.86 bits per heavy atom. The number of amides is 1. The minimum absolute atomic E-state index is 0.0849. The van der Waals surface area contributed by atoms with E-state index < -0.39 is 0 Å². The van der Waals surface area contributed by atoms with Crippen LogP contribution in [-0.4, -0.2) is 38.6 Å². The summed E-state index contributed by atoms with van der Waals surface area (Å²) in [6.07, 6.45) is 0. The summed E-state index contributed by atoms with van der Waals surface area (Å²) in [4.78, 5) is 24.1. The molecule has 3 aromatic rings. The lowest BCUT2D eigenvalue weighted by Gasteiger charge is -2.11. The van der Waals surface area contributed by atoms with E-state index in [1.54, 1.807) is 10.7 Å². The number of hydrogen-bond acceptors (Lipinski definition) is 5. The van der Waals surface area contributed by atoms with E-state index in [2.05, 4.69) is 15.5 Å². The van der Waals surface area contributed by atoms with Gasteiger partial charge in [0.25, 0.3) is 11.5 Å². The van der Waals surface area contributed by atoms with Crippen molar-refractivity contribution in [2.75, 3.05) is 13.2 Å². The molecule has 0 fully saturated rings. The molecule has 0 spiro atoms. The van der Waals surface area contributed by atoms with Crippen LogP contribution in [0.25, 0.3) is 5.82 Å². The van der Waals surface area contributed by atoms with Crippen LogP contribution in [-0.2, 0) is 11.3 Å². The summed E-state index contributed by atoms with van der Waals surface area (Å²) < 4.78 is 8.59. The van der Waals surface area contributed by atoms with E-state index >= 15 is 0 Å². The second kappa shape index (κ2) is 8.72. The Morgan fingerprint density at radius 1 is 1.07 bits per heavy atom. The van der Waals surface area contributed by atoms with E-state index in [1.165, 1.54) is 10.7 Å². The molecule has 0 atom stereocenters. The monoisotopic (exact) mass is 395 g/mol. The SMILES string of the molecule is Cc1ccc(C)c(OCC(=O)NCCn2nc(-n3nc(C)cc3C)ccc2=O)c1. The number of hydrogen-bond donors (Lipinski definition) is 1. The summed E-state index contributed by atoms with van der Waals surface area (Å²) in [5.41, 5.74) is 3.60. The number of benzene rings is 1. The first-order valence-corrected chi connectivity index (χ1v) is 9.42. The predicted molar refractivity (Wildman–Crippen MR) is 110 cm³/mol. The minimum atomic E-state index is -0.256. The Labute approximate surface area is 169 Å². The fourth-order valence-corrected chi connectivity index (χ4v) is 2.93. The van der Waals surface area contributed by atoms with Gasteiger partial charge in [-0.2, -0.15) is 5.10 Å². The molecule has 1 N–H and O–H groups in total. The topological polar surface area (TPSA) is 91.0 Å². The average molecular weight is 395 g/mol. The van der Waals surface area contributed by atoms with Crippen molar-refractivity contribution in [3.05, 3.63) is 69.3 Å². The van der Waals surface area contributed by atoms with E-state index in [0.29, 0.717) is 11.6 Å². The Bertz CT molecular complexity index is 1080. The lowest BCUT2D eigenvalue weighted by atomic mass is 10.1. The highest BCUT2D eigenvalue weighted by atomic mass is 16.5. The Balaban J connectivity index is 1.56. The van der Waals surface area contributed by atoms with Gasteiger partial charge in [0.1, 0.15) is 5.75 Å². The molecular formula is C21H25N5O3. The molecule has 8 heteroatoms. The van der Waals surface area contributed by atoms with Crippen molar-refractivity contribution < 1.29 is 9.53 Å². The molecule has 1 amide bonds. The second-order valence-electron chi connectivity index (χ2n) is 7.00. The third kappa shape index (κ3) is 5.10. The quantitative estimate of drug-likeness (QED) is 0.659. The third-order valence-electron chi connectivity index (χ3n) is 4.43. The van der Waals surface area contributed by atoms with E-state index in [0.717, 1.165) is 22.5 Å². The zero-order chi connectivity index (χ0) is 21.0. The number of aryl methyl sites for hydroxylation is 4. The fourth-order valence-electron chi connectivity index (χ4n) is 2.93. The molecule has 0 aliphatic rings. The number of nitrogens with one attached hydrogen (secondary N) is 1. The largest absolute Gasteiger partial charge is 0.483 e. The normalized spacial score (nSPS) is 10.8. The van der Waals surface area contributed by atoms with Crippen LogP contribution in [0.2, 0.25) is 0 Å². The van der Waals surface area contributed by atoms with Gasteiger partial charge in [0.05, 0.1) is 12.2 Å². The Kier molecular flexibility index (Phi) is 6.11. The average Bonchev–Trinajstić information content (AvgIpc) is 3.02. The number of ether oxygens (including phenoxy) is 1. The third-order valence-corrected chi connectivity index (χ3v) is 4.43. The summed E-state index contributed by atoms with van der Waals surface area (Å²) in [7, 11) is 0. The van der Waals surface area contributed by atoms with Gasteiger partial charge < -0.3 is 10.1 Å². The molecule has 0 radical (unpaired) electrons. The molecule has 3 rings (SSSR count). The molecule has 2 aromatic heterocycles. The maximum absolute atomic E-state index is 12.1. The van der Waals surface area contributed by atoms with Gasteiger partial charge >= 0.3 is 0 Å². The van der Waals surface area contributed by atoms with E-state index in [4.69, 9.17) is 4.74 Å². The Hall–Kier alpha value is -3.42. The summed E-state index contributed by atoms with van der Waals surface area (Å²) in [6.45, 7) is 8.16. The summed E-state index contributed by atoms with van der Waals surface area (Å²) in [6, 6.07) is 10.9. The van der Waals surface area contributed by atoms with E-state index in [1.807, 2.05) is 52.0 Å². The van der Waals surface area contributed by atoms with Gasteiger partial charge in [0.2, 0.25) is 0 Å². The molecule has 0 saturated heterocycles. The molecule has 8 nitrogen and oxygen atoms in total. The van der Waals surface area contributed by atoms with Gasteiger partial charge in [-0.3, -0.25) is 9.59 Å². The number of carbonyl (C=O) groups excluding carboxylic acids is 1. The number of rotatable bonds is 7. The van der Waals surface area contributed by atoms with Crippen LogP contribution >= 0.6 is 0 Å². The zero-order valence-electron chi connectivity index (χ0n) is 17.1. The highest BCUT2D eigenvalue weighted by molar-refractivity contribution is 5.77. The maximum atomic E-state index is 12.1. The number of carbonyl (C=O) groups is 1. The van der Waals surface area contributed by atoms with Crippen molar-refractivity contribution >= 4 is 5.91 Å². The van der Waals surface area contributed by atoms with Gasteiger partial charge in [-0.15, -0.1) is 5.10 Å². The highest BCUT2D eigenvalue weighted by Crippen LogP contribution is 2.18. The van der Waals surface area contributed by atoms with Gasteiger partial charge in [-0.25, -0.2) is 9.36 Å². The van der Waals surface area contributed by atoms with Crippen LogP contribution in [0.1, 0.15) is 22.5 Å². The van der Waals surface area contributed by atoms with Gasteiger partial charge in [0.15, 0.2) is 12.4 Å². The predicted octanol–water partition coefficient (Wildman–Crippen LogP) is 1.86. The van der Waals surface area contributed by atoms with Crippen LogP contribution in [0.5, 0.6) is 5.75 Å². The first-order valence-electron chi connectivity index (χ1n) is 9.42. The minimum Gasteiger partial charge on any atom is -0.483 e. The fraction of sp³-hybridized carbons (Fsp3) is 0.333.